The van der Waals surface area contributed by atoms with Crippen LogP contribution in [0.3, 0.4) is 0 Å². The Morgan fingerprint density at radius 2 is 1.50 bits per heavy atom. The van der Waals surface area contributed by atoms with Crippen LogP contribution < -0.4 is 21.2 Å². The van der Waals surface area contributed by atoms with E-state index in [0.717, 1.165) is 6.92 Å². The summed E-state index contributed by atoms with van der Waals surface area (Å²) in [7, 11) is 1.27. The molecule has 30 heteroatoms. The molecule has 2 amide bonds. The number of amides is 2. The maximum absolute atomic E-state index is 15.6. The molecule has 5 aliphatic carbocycles. The zero-order valence-corrected chi connectivity index (χ0v) is 59.5. The Kier molecular flexibility index (Phi) is 21.3. The largest absolute Gasteiger partial charge is 0.507 e. The van der Waals surface area contributed by atoms with E-state index < -0.39 is 239 Å². The number of phenols is 2. The quantitative estimate of drug-likeness (QED) is 0.0141. The minimum Gasteiger partial charge on any atom is -0.507 e. The minimum atomic E-state index is -2.59. The maximum Gasteiger partial charge on any atom is 0.408 e. The molecule has 30 nitrogen and oxygen atoms in total. The number of fused-ring (bicyclic) bond motifs is 8. The summed E-state index contributed by atoms with van der Waals surface area (Å²) < 4.78 is 54.1. The Morgan fingerprint density at radius 1 is 0.829 bits per heavy atom. The van der Waals surface area contributed by atoms with Crippen LogP contribution in [0.15, 0.2) is 95.1 Å². The molecule has 17 atom stereocenters. The van der Waals surface area contributed by atoms with E-state index in [4.69, 9.17) is 48.4 Å². The van der Waals surface area contributed by atoms with Crippen molar-refractivity contribution in [3.8, 4) is 17.2 Å². The number of hydrazone groups is 1. The summed E-state index contributed by atoms with van der Waals surface area (Å²) in [5, 5.41) is 104. The number of phenolic OH excluding ortho intramolecular Hbond substituents is 2. The molecule has 2 aliphatic heterocycles. The molecule has 7 aliphatic rings. The number of hydrogen-bond acceptors (Lipinski definition) is 28. The number of aromatic hydroxyl groups is 2. The van der Waals surface area contributed by atoms with E-state index in [2.05, 4.69) is 15.8 Å². The number of carbonyl (C=O) groups is 9. The molecule has 2 bridgehead atoms. The third-order valence-corrected chi connectivity index (χ3v) is 21.7. The second-order valence-electron chi connectivity index (χ2n) is 29.8. The predicted octanol–water partition coefficient (Wildman–Crippen LogP) is 3.38. The Morgan fingerprint density at radius 3 is 2.11 bits per heavy atom. The zero-order valence-electron chi connectivity index (χ0n) is 59.5. The third kappa shape index (κ3) is 13.9. The lowest BCUT2D eigenvalue weighted by molar-refractivity contribution is -0.346. The first kappa shape index (κ1) is 77.0. The number of Topliss-reactive ketones (excluding diaryl/α,β-unsaturated/α-hetero) is 1. The van der Waals surface area contributed by atoms with E-state index in [1.807, 2.05) is 0 Å². The van der Waals surface area contributed by atoms with Gasteiger partial charge < -0.3 is 94.5 Å². The van der Waals surface area contributed by atoms with Crippen LogP contribution in [-0.4, -0.2) is 210 Å². The molecule has 2 saturated carbocycles. The van der Waals surface area contributed by atoms with Gasteiger partial charge in [0, 0.05) is 73.6 Å². The fraction of sp³-hybridized carbons (Fsp3) is 0.520. The summed E-state index contributed by atoms with van der Waals surface area (Å²) in [6.07, 6.45) is -21.6. The number of carbonyl (C=O) groups excluding carboxylic acids is 9. The first-order valence-electron chi connectivity index (χ1n) is 34.5. The van der Waals surface area contributed by atoms with Crippen LogP contribution in [0, 0.1) is 16.7 Å². The van der Waals surface area contributed by atoms with Crippen molar-refractivity contribution in [3.05, 3.63) is 135 Å². The average Bonchev–Trinajstić information content (AvgIpc) is 0.668. The number of nitrogens with two attached hydrogens (primary N) is 1. The molecule has 0 aromatic heterocycles. The number of methoxy groups -OCH3 is 1. The Labute approximate surface area is 603 Å². The molecule has 2 heterocycles. The van der Waals surface area contributed by atoms with Crippen LogP contribution in [-0.2, 0) is 74.7 Å². The number of ether oxygens (including phenoxy) is 9. The summed E-state index contributed by atoms with van der Waals surface area (Å²) in [6.45, 7) is 11.4. The van der Waals surface area contributed by atoms with Crippen LogP contribution in [0.2, 0.25) is 0 Å². The maximum atomic E-state index is 15.6. The van der Waals surface area contributed by atoms with Crippen LogP contribution in [0.5, 0.6) is 17.2 Å². The first-order valence-corrected chi connectivity index (χ1v) is 34.5. The highest BCUT2D eigenvalue weighted by molar-refractivity contribution is 6.31. The zero-order chi connectivity index (χ0) is 76.5. The molecule has 2 saturated heterocycles. The Bertz CT molecular complexity index is 4200. The molecule has 12 N–H and O–H groups in total. The smallest absolute Gasteiger partial charge is 0.408 e. The summed E-state index contributed by atoms with van der Waals surface area (Å²) in [6, 6.07) is 17.5. The van der Waals surface area contributed by atoms with Crippen LogP contribution in [0.25, 0.3) is 0 Å². The van der Waals surface area contributed by atoms with Crippen molar-refractivity contribution in [2.45, 2.75) is 209 Å². The highest BCUT2D eigenvalue weighted by atomic mass is 16.7. The number of benzene rings is 4. The van der Waals surface area contributed by atoms with Gasteiger partial charge in [-0.1, -0.05) is 74.5 Å². The summed E-state index contributed by atoms with van der Waals surface area (Å²) in [5.74, 6) is -11.9. The lowest BCUT2D eigenvalue weighted by atomic mass is 9.44. The minimum absolute atomic E-state index is 0.00862. The van der Waals surface area contributed by atoms with Gasteiger partial charge in [0.15, 0.2) is 23.5 Å². The van der Waals surface area contributed by atoms with Gasteiger partial charge in [0.25, 0.3) is 0 Å². The lowest BCUT2D eigenvalue weighted by Gasteiger charge is -2.67. The van der Waals surface area contributed by atoms with Crippen LogP contribution >= 0.6 is 0 Å². The van der Waals surface area contributed by atoms with Gasteiger partial charge in [-0.25, -0.2) is 19.8 Å². The summed E-state index contributed by atoms with van der Waals surface area (Å²) in [5.41, 5.74) is -6.28. The monoisotopic (exact) mass is 1460 g/mol. The molecular weight excluding hydrogens is 1370 g/mol. The molecule has 4 fully saturated rings. The number of nitrogens with zero attached hydrogens (tertiary/aromatic N) is 1. The second-order valence-corrected chi connectivity index (χ2v) is 29.8. The fourth-order valence-electron chi connectivity index (χ4n) is 16.3. The number of rotatable bonds is 19. The Hall–Kier alpha value is -9.08. The van der Waals surface area contributed by atoms with Gasteiger partial charge >= 0.3 is 30.0 Å². The number of aliphatic hydroxyl groups is 6. The molecule has 4 aromatic carbocycles. The van der Waals surface area contributed by atoms with E-state index >= 15 is 9.59 Å². The number of hydrogen-bond donors (Lipinski definition) is 11. The van der Waals surface area contributed by atoms with Gasteiger partial charge in [0.2, 0.25) is 17.8 Å². The van der Waals surface area contributed by atoms with E-state index in [1.54, 1.807) is 69.3 Å². The van der Waals surface area contributed by atoms with Crippen molar-refractivity contribution >= 4 is 58.9 Å². The average molecular weight is 1460 g/mol. The number of nitrogens with one attached hydrogen (secondary N) is 2. The molecule has 105 heavy (non-hydrogen) atoms. The van der Waals surface area contributed by atoms with Crippen molar-refractivity contribution in [1.82, 2.24) is 10.7 Å². The van der Waals surface area contributed by atoms with Crippen LogP contribution in [0.1, 0.15) is 166 Å². The van der Waals surface area contributed by atoms with Crippen molar-refractivity contribution in [3.63, 3.8) is 0 Å². The van der Waals surface area contributed by atoms with E-state index in [1.165, 1.54) is 72.1 Å². The topological polar surface area (TPSA) is 461 Å². The van der Waals surface area contributed by atoms with Gasteiger partial charge in [-0.15, -0.1) is 0 Å². The normalized spacial score (nSPS) is 30.8. The number of alkyl carbamates (subject to hydrolysis) is 1. The molecule has 4 aromatic rings. The van der Waals surface area contributed by atoms with Gasteiger partial charge in [-0.05, 0) is 82.9 Å². The SMILES string of the molecule is COc1cccc2c1C(=O)c1c(O)c3c(c(O)c1C2=O)C[C@](O)(/C(CO)=N/NC(=O)CCC(=O)OC(C(=O)O[C@H]1C[C@]2(O)[C@@H](OC(=O)c4ccccc4)C4[C@]5(OC(C)=O)CO[C@@H]5C[C@@H](O)[C@]4(C)C(=O)[C@@H](O)C(=C1C)C2(C)C)[C@@H](Cc1ccccc1)NC(=O)OC(C)(C)C)C[C@H]3O[C@@H]1C[C@H](N)[C@H](O)[C@H](C)O1. The molecule has 0 radical (unpaired) electrons. The molecule has 11 rings (SSSR count). The number of esters is 4. The summed E-state index contributed by atoms with van der Waals surface area (Å²) in [4.78, 5) is 130. The lowest BCUT2D eigenvalue weighted by Crippen LogP contribution is -2.81. The van der Waals surface area contributed by atoms with E-state index in [9.17, 15) is 74.4 Å². The van der Waals surface area contributed by atoms with E-state index in [-0.39, 0.29) is 64.0 Å². The standard InChI is InChI=1S/C75H88N4O26/c1-34-44(31-75(96)66(103-67(92)38-20-15-12-16-21-38)64-72(9,65(91)62(90)56(34)71(75,7)8)47(82)28-48-74(64,33-98-48)104-36(3)81)101-68(93)63(42(26-37-18-13-11-14-19-37)77-69(94)105-70(4,5)6)102-50(84)25-24-49(83)79-78-46(32-80)73(95)29-40-53(45(30-73)100-51-27-41(76)57(85)35(2)99-51)61(89)55-54(59(40)87)58(86)39-22-17-23-43(97-10)52(39)60(55)88/h11-23,35,41-42,44-45,47-48,51,57,62-64,66,80,82,85,87,89-90,95-96H,24-33,76H2,1-10H3,(H,77,94)(H,79,83)/b78-46+/t35-,41-,42+,44-,45+,47+,48+,51+,57+,62-,63?,64?,66-,72-,73+,74-,75-/m0/s1. The first-order chi connectivity index (χ1) is 49.4. The highest BCUT2D eigenvalue weighted by Crippen LogP contribution is 2.64. The van der Waals surface area contributed by atoms with Gasteiger partial charge in [-0.3, -0.25) is 28.8 Å². The van der Waals surface area contributed by atoms with Crippen molar-refractivity contribution in [2.24, 2.45) is 27.6 Å². The number of aliphatic hydroxyl groups excluding tert-OH is 4. The highest BCUT2D eigenvalue weighted by Gasteiger charge is 2.78. The van der Waals surface area contributed by atoms with E-state index in [0.29, 0.717) is 5.56 Å². The van der Waals surface area contributed by atoms with Gasteiger partial charge in [-0.2, -0.15) is 5.10 Å². The molecule has 564 valence electrons. The summed E-state index contributed by atoms with van der Waals surface area (Å²) >= 11 is 0. The predicted molar refractivity (Wildman–Crippen MR) is 364 cm³/mol. The third-order valence-electron chi connectivity index (χ3n) is 21.7. The second kappa shape index (κ2) is 29.0. The number of ketones is 3. The van der Waals surface area contributed by atoms with Crippen molar-refractivity contribution < 1.29 is 127 Å². The molecule has 2 unspecified atom stereocenters. The van der Waals surface area contributed by atoms with Gasteiger partial charge in [0.05, 0.1) is 96.5 Å². The molecule has 0 spiro atoms. The van der Waals surface area contributed by atoms with Crippen molar-refractivity contribution in [1.29, 1.82) is 0 Å². The molecular formula is C75H88N4O26. The van der Waals surface area contributed by atoms with Gasteiger partial charge in [0.1, 0.15) is 58.5 Å². The van der Waals surface area contributed by atoms with Crippen LogP contribution in [0.4, 0.5) is 4.79 Å². The fourth-order valence-corrected chi connectivity index (χ4v) is 16.3. The van der Waals surface area contributed by atoms with Crippen molar-refractivity contribution in [2.75, 3.05) is 20.3 Å². The Balaban J connectivity index is 0.911.